The fourth-order valence-corrected chi connectivity index (χ4v) is 1.26. The number of alkyl halides is 4. The Hall–Kier alpha value is -0.800. The van der Waals surface area contributed by atoms with E-state index < -0.39 is 17.8 Å². The highest BCUT2D eigenvalue weighted by molar-refractivity contribution is 5.52. The minimum absolute atomic E-state index is 0.463. The lowest BCUT2D eigenvalue weighted by Crippen LogP contribution is -2.40. The van der Waals surface area contributed by atoms with Crippen molar-refractivity contribution in [1.82, 2.24) is 0 Å². The van der Waals surface area contributed by atoms with E-state index in [0.29, 0.717) is 11.6 Å². The van der Waals surface area contributed by atoms with Crippen molar-refractivity contribution in [3.8, 4) is 0 Å². The summed E-state index contributed by atoms with van der Waals surface area (Å²) in [6.07, 6.45) is -1.71. The van der Waals surface area contributed by atoms with Gasteiger partial charge in [-0.3, -0.25) is 0 Å². The summed E-state index contributed by atoms with van der Waals surface area (Å²) in [5.41, 5.74) is -2.65. The van der Waals surface area contributed by atoms with Gasteiger partial charge in [0.15, 0.2) is 0 Å². The Kier molecular flexibility index (Phi) is 0.949. The van der Waals surface area contributed by atoms with Crippen LogP contribution in [-0.4, -0.2) is 11.8 Å². The molecule has 0 N–H and O–H groups in total. The molecule has 0 aromatic carbocycles. The SMILES string of the molecule is FC(F)(F)[C@]1(F)C=CC2=C[C@H]21. The van der Waals surface area contributed by atoms with Crippen LogP contribution in [-0.2, 0) is 0 Å². The third kappa shape index (κ3) is 0.695. The van der Waals surface area contributed by atoms with Crippen LogP contribution in [0, 0.1) is 5.92 Å². The van der Waals surface area contributed by atoms with E-state index in [1.807, 2.05) is 0 Å². The van der Waals surface area contributed by atoms with Crippen LogP contribution in [0.3, 0.4) is 0 Å². The van der Waals surface area contributed by atoms with Crippen molar-refractivity contribution >= 4 is 0 Å². The molecule has 0 heterocycles. The third-order valence-electron chi connectivity index (χ3n) is 2.01. The molecule has 0 fully saturated rings. The van der Waals surface area contributed by atoms with Gasteiger partial charge in [-0.1, -0.05) is 12.2 Å². The lowest BCUT2D eigenvalue weighted by molar-refractivity contribution is -0.215. The molecule has 2 rings (SSSR count). The molecule has 0 unspecified atom stereocenters. The zero-order chi connectivity index (χ0) is 8.28. The Balaban J connectivity index is 2.32. The Bertz CT molecular complexity index is 260. The molecule has 2 aliphatic rings. The van der Waals surface area contributed by atoms with E-state index in [1.165, 1.54) is 12.2 Å². The molecule has 0 radical (unpaired) electrons. The van der Waals surface area contributed by atoms with Gasteiger partial charge >= 0.3 is 6.18 Å². The van der Waals surface area contributed by atoms with Gasteiger partial charge in [0.1, 0.15) is 0 Å². The third-order valence-corrected chi connectivity index (χ3v) is 2.01. The largest absolute Gasteiger partial charge is 0.427 e. The predicted octanol–water partition coefficient (Wildman–Crippen LogP) is 2.38. The maximum absolute atomic E-state index is 13.0. The second-order valence-electron chi connectivity index (χ2n) is 2.74. The minimum Gasteiger partial charge on any atom is -0.228 e. The molecule has 0 aromatic rings. The van der Waals surface area contributed by atoms with Gasteiger partial charge in [0, 0.05) is 5.92 Å². The molecule has 0 nitrogen and oxygen atoms in total. The Morgan fingerprint density at radius 1 is 1.36 bits per heavy atom. The smallest absolute Gasteiger partial charge is 0.228 e. The molecule has 0 bridgehead atoms. The number of hydrogen-bond donors (Lipinski definition) is 0. The topological polar surface area (TPSA) is 0 Å². The normalized spacial score (nSPS) is 40.4. The minimum atomic E-state index is -4.77. The van der Waals surface area contributed by atoms with Crippen LogP contribution in [0.15, 0.2) is 23.8 Å². The first-order chi connectivity index (χ1) is 4.95. The second-order valence-corrected chi connectivity index (χ2v) is 2.74. The Labute approximate surface area is 60.2 Å². The zero-order valence-corrected chi connectivity index (χ0v) is 5.32. The van der Waals surface area contributed by atoms with Crippen molar-refractivity contribution in [2.24, 2.45) is 5.92 Å². The predicted molar refractivity (Wildman–Crippen MR) is 30.6 cm³/mol. The van der Waals surface area contributed by atoms with E-state index in [1.54, 1.807) is 0 Å². The van der Waals surface area contributed by atoms with Gasteiger partial charge < -0.3 is 0 Å². The van der Waals surface area contributed by atoms with Gasteiger partial charge in [-0.2, -0.15) is 13.2 Å². The quantitative estimate of drug-likeness (QED) is 0.482. The molecule has 2 aliphatic carbocycles. The summed E-state index contributed by atoms with van der Waals surface area (Å²) >= 11 is 0. The Morgan fingerprint density at radius 2 is 2.00 bits per heavy atom. The van der Waals surface area contributed by atoms with Crippen LogP contribution in [0.2, 0.25) is 0 Å². The van der Waals surface area contributed by atoms with Gasteiger partial charge in [-0.15, -0.1) is 0 Å². The van der Waals surface area contributed by atoms with Crippen molar-refractivity contribution < 1.29 is 17.6 Å². The van der Waals surface area contributed by atoms with Gasteiger partial charge in [-0.25, -0.2) is 4.39 Å². The van der Waals surface area contributed by atoms with E-state index in [-0.39, 0.29) is 0 Å². The molecule has 0 saturated carbocycles. The average Bonchev–Trinajstić information content (AvgIpc) is 2.54. The van der Waals surface area contributed by atoms with E-state index in [0.717, 1.165) is 0 Å². The lowest BCUT2D eigenvalue weighted by atomic mass is 10.0. The summed E-state index contributed by atoms with van der Waals surface area (Å²) < 4.78 is 48.9. The number of halogens is 4. The molecular weight excluding hydrogens is 160 g/mol. The van der Waals surface area contributed by atoms with Crippen molar-refractivity contribution in [3.05, 3.63) is 23.8 Å². The molecule has 0 aromatic heterocycles. The first-order valence-corrected chi connectivity index (χ1v) is 3.12. The highest BCUT2D eigenvalue weighted by atomic mass is 19.4. The average molecular weight is 164 g/mol. The first-order valence-electron chi connectivity index (χ1n) is 3.12. The molecule has 0 aliphatic heterocycles. The van der Waals surface area contributed by atoms with Crippen LogP contribution in [0.1, 0.15) is 0 Å². The molecule has 0 spiro atoms. The molecule has 60 valence electrons. The van der Waals surface area contributed by atoms with Crippen molar-refractivity contribution in [1.29, 1.82) is 0 Å². The summed E-state index contributed by atoms with van der Waals surface area (Å²) in [6.45, 7) is 0. The molecule has 2 atom stereocenters. The summed E-state index contributed by atoms with van der Waals surface area (Å²) in [7, 11) is 0. The molecule has 4 heteroatoms. The van der Waals surface area contributed by atoms with Gasteiger partial charge in [0.05, 0.1) is 0 Å². The lowest BCUT2D eigenvalue weighted by Gasteiger charge is -2.22. The molecule has 0 amide bonds. The second kappa shape index (κ2) is 1.52. The summed E-state index contributed by atoms with van der Waals surface area (Å²) in [5, 5.41) is 0. The van der Waals surface area contributed by atoms with E-state index in [9.17, 15) is 17.6 Å². The van der Waals surface area contributed by atoms with Gasteiger partial charge in [-0.05, 0) is 11.6 Å². The maximum Gasteiger partial charge on any atom is 0.427 e. The van der Waals surface area contributed by atoms with Crippen molar-refractivity contribution in [2.75, 3.05) is 0 Å². The first kappa shape index (κ1) is 6.88. The summed E-state index contributed by atoms with van der Waals surface area (Å²) in [5.74, 6) is -1.03. The van der Waals surface area contributed by atoms with E-state index in [2.05, 4.69) is 0 Å². The fourth-order valence-electron chi connectivity index (χ4n) is 1.26. The highest BCUT2D eigenvalue weighted by Gasteiger charge is 2.64. The van der Waals surface area contributed by atoms with Crippen molar-refractivity contribution in [2.45, 2.75) is 11.8 Å². The molecular formula is C7H4F4. The van der Waals surface area contributed by atoms with E-state index in [4.69, 9.17) is 0 Å². The zero-order valence-electron chi connectivity index (χ0n) is 5.32. The van der Waals surface area contributed by atoms with Crippen LogP contribution in [0.5, 0.6) is 0 Å². The van der Waals surface area contributed by atoms with Crippen LogP contribution >= 0.6 is 0 Å². The summed E-state index contributed by atoms with van der Waals surface area (Å²) in [6, 6.07) is 0. The number of fused-ring (bicyclic) bond motifs is 1. The maximum atomic E-state index is 13.0. The van der Waals surface area contributed by atoms with Crippen LogP contribution in [0.4, 0.5) is 17.6 Å². The summed E-state index contributed by atoms with van der Waals surface area (Å²) in [4.78, 5) is 0. The fraction of sp³-hybridized carbons (Fsp3) is 0.429. The van der Waals surface area contributed by atoms with Gasteiger partial charge in [0.2, 0.25) is 5.67 Å². The highest BCUT2D eigenvalue weighted by Crippen LogP contribution is 2.55. The number of allylic oxidation sites excluding steroid dienone is 4. The van der Waals surface area contributed by atoms with Gasteiger partial charge in [0.25, 0.3) is 0 Å². The standard InChI is InChI=1S/C7H4F4/c8-6(7(9,10)11)2-1-4-3-5(4)6/h1-3,5H/t5-,6+/m1/s1. The van der Waals surface area contributed by atoms with E-state index >= 15 is 0 Å². The molecule has 0 saturated heterocycles. The van der Waals surface area contributed by atoms with Crippen LogP contribution < -0.4 is 0 Å². The Morgan fingerprint density at radius 3 is 2.18 bits per heavy atom. The number of hydrogen-bond acceptors (Lipinski definition) is 0. The monoisotopic (exact) mass is 164 g/mol. The number of rotatable bonds is 0. The van der Waals surface area contributed by atoms with Crippen LogP contribution in [0.25, 0.3) is 0 Å². The van der Waals surface area contributed by atoms with Crippen molar-refractivity contribution in [3.63, 3.8) is 0 Å². The molecule has 11 heavy (non-hydrogen) atoms.